The standard InChI is InChI=1S/C14H10F3/c1-10-6-8-11(9-7-10)12-4-2-3-5-13(12)14(15,16)17/h2-6,8-9H,1H3. The maximum absolute atomic E-state index is 12.8. The van der Waals surface area contributed by atoms with Gasteiger partial charge in [0.15, 0.2) is 0 Å². The minimum absolute atomic E-state index is 0.191. The summed E-state index contributed by atoms with van der Waals surface area (Å²) in [6, 6.07) is 13.5. The van der Waals surface area contributed by atoms with Crippen LogP contribution in [0.15, 0.2) is 42.5 Å². The summed E-state index contributed by atoms with van der Waals surface area (Å²) in [5, 5.41) is 0. The zero-order valence-corrected chi connectivity index (χ0v) is 9.18. The van der Waals surface area contributed by atoms with E-state index in [0.717, 1.165) is 11.6 Å². The monoisotopic (exact) mass is 235 g/mol. The van der Waals surface area contributed by atoms with E-state index in [0.29, 0.717) is 5.56 Å². The Labute approximate surface area is 97.7 Å². The number of hydrogen-bond donors (Lipinski definition) is 0. The summed E-state index contributed by atoms with van der Waals surface area (Å²) in [5.74, 6) is 0. The van der Waals surface area contributed by atoms with Crippen molar-refractivity contribution in [1.82, 2.24) is 0 Å². The molecule has 2 aromatic rings. The molecule has 3 heteroatoms. The molecule has 0 saturated heterocycles. The van der Waals surface area contributed by atoms with Crippen molar-refractivity contribution in [3.05, 3.63) is 59.7 Å². The van der Waals surface area contributed by atoms with Crippen molar-refractivity contribution in [2.24, 2.45) is 0 Å². The van der Waals surface area contributed by atoms with Crippen LogP contribution in [-0.2, 0) is 6.18 Å². The largest absolute Gasteiger partial charge is 0.417 e. The zero-order chi connectivity index (χ0) is 12.5. The number of benzene rings is 2. The Hall–Kier alpha value is -1.77. The lowest BCUT2D eigenvalue weighted by molar-refractivity contribution is -0.137. The van der Waals surface area contributed by atoms with Crippen molar-refractivity contribution in [3.8, 4) is 11.1 Å². The Kier molecular flexibility index (Phi) is 2.92. The van der Waals surface area contributed by atoms with Crippen molar-refractivity contribution in [2.75, 3.05) is 0 Å². The summed E-state index contributed by atoms with van der Waals surface area (Å²) in [5.41, 5.74) is 1.01. The molecule has 0 N–H and O–H groups in total. The van der Waals surface area contributed by atoms with E-state index in [2.05, 4.69) is 6.07 Å². The van der Waals surface area contributed by atoms with E-state index in [1.807, 2.05) is 6.92 Å². The molecule has 0 amide bonds. The van der Waals surface area contributed by atoms with Crippen molar-refractivity contribution in [2.45, 2.75) is 13.1 Å². The molecule has 0 atom stereocenters. The summed E-state index contributed by atoms with van der Waals surface area (Å²) in [7, 11) is 0. The Morgan fingerprint density at radius 2 is 1.71 bits per heavy atom. The number of alkyl halides is 3. The summed E-state index contributed by atoms with van der Waals surface area (Å²) >= 11 is 0. The van der Waals surface area contributed by atoms with Crippen LogP contribution in [0.1, 0.15) is 11.1 Å². The molecule has 2 rings (SSSR count). The van der Waals surface area contributed by atoms with Crippen LogP contribution < -0.4 is 0 Å². The Bertz CT molecular complexity index is 510. The Balaban J connectivity index is 2.56. The molecule has 87 valence electrons. The first kappa shape index (κ1) is 11.7. The second-order valence-electron chi connectivity index (χ2n) is 3.80. The zero-order valence-electron chi connectivity index (χ0n) is 9.18. The molecule has 0 unspecified atom stereocenters. The predicted octanol–water partition coefficient (Wildman–Crippen LogP) is 4.48. The van der Waals surface area contributed by atoms with E-state index < -0.39 is 11.7 Å². The van der Waals surface area contributed by atoms with Gasteiger partial charge in [-0.05, 0) is 41.8 Å². The van der Waals surface area contributed by atoms with E-state index in [1.54, 1.807) is 24.3 Å². The Morgan fingerprint density at radius 3 is 2.29 bits per heavy atom. The highest BCUT2D eigenvalue weighted by molar-refractivity contribution is 5.68. The normalized spacial score (nSPS) is 11.5. The van der Waals surface area contributed by atoms with Gasteiger partial charge in [0.05, 0.1) is 5.56 Å². The lowest BCUT2D eigenvalue weighted by Gasteiger charge is -2.12. The number of rotatable bonds is 1. The van der Waals surface area contributed by atoms with Gasteiger partial charge in [-0.15, -0.1) is 0 Å². The summed E-state index contributed by atoms with van der Waals surface area (Å²) in [6.45, 7) is 1.85. The van der Waals surface area contributed by atoms with Crippen molar-refractivity contribution in [1.29, 1.82) is 0 Å². The molecule has 0 fully saturated rings. The molecule has 0 bridgehead atoms. The molecule has 2 aromatic carbocycles. The maximum atomic E-state index is 12.8. The van der Waals surface area contributed by atoms with Gasteiger partial charge in [0.25, 0.3) is 0 Å². The molecule has 0 saturated carbocycles. The fraction of sp³-hybridized carbons (Fsp3) is 0.143. The van der Waals surface area contributed by atoms with Crippen LogP contribution in [0.2, 0.25) is 0 Å². The van der Waals surface area contributed by atoms with Crippen molar-refractivity contribution < 1.29 is 13.2 Å². The molecule has 1 radical (unpaired) electrons. The quantitative estimate of drug-likeness (QED) is 0.683. The highest BCUT2D eigenvalue weighted by atomic mass is 19.4. The molecule has 0 aliphatic heterocycles. The van der Waals surface area contributed by atoms with Gasteiger partial charge < -0.3 is 0 Å². The van der Waals surface area contributed by atoms with Gasteiger partial charge in [-0.25, -0.2) is 0 Å². The van der Waals surface area contributed by atoms with Gasteiger partial charge in [-0.2, -0.15) is 13.2 Å². The first-order chi connectivity index (χ1) is 7.98. The molecule has 0 spiro atoms. The van der Waals surface area contributed by atoms with Crippen LogP contribution in [0, 0.1) is 13.0 Å². The third-order valence-corrected chi connectivity index (χ3v) is 2.51. The van der Waals surface area contributed by atoms with E-state index in [-0.39, 0.29) is 5.56 Å². The highest BCUT2D eigenvalue weighted by Crippen LogP contribution is 2.36. The summed E-state index contributed by atoms with van der Waals surface area (Å²) in [6.07, 6.45) is -4.33. The fourth-order valence-corrected chi connectivity index (χ4v) is 1.65. The predicted molar refractivity (Wildman–Crippen MR) is 60.5 cm³/mol. The Morgan fingerprint density at radius 1 is 1.00 bits per heavy atom. The van der Waals surface area contributed by atoms with E-state index in [1.165, 1.54) is 12.1 Å². The average Bonchev–Trinajstić information content (AvgIpc) is 2.29. The van der Waals surface area contributed by atoms with Gasteiger partial charge >= 0.3 is 6.18 Å². The molecule has 0 aromatic heterocycles. The number of hydrogen-bond acceptors (Lipinski definition) is 0. The second-order valence-corrected chi connectivity index (χ2v) is 3.80. The van der Waals surface area contributed by atoms with Gasteiger partial charge in [0.2, 0.25) is 0 Å². The lowest BCUT2D eigenvalue weighted by Crippen LogP contribution is -2.06. The van der Waals surface area contributed by atoms with E-state index in [4.69, 9.17) is 0 Å². The second kappa shape index (κ2) is 4.24. The van der Waals surface area contributed by atoms with Gasteiger partial charge in [-0.1, -0.05) is 30.3 Å². The SMILES string of the molecule is Cc1[c]cc(-c2ccccc2C(F)(F)F)cc1. The molecule has 17 heavy (non-hydrogen) atoms. The van der Waals surface area contributed by atoms with Gasteiger partial charge in [-0.3, -0.25) is 0 Å². The number of halogens is 3. The lowest BCUT2D eigenvalue weighted by atomic mass is 9.98. The van der Waals surface area contributed by atoms with Gasteiger partial charge in [0.1, 0.15) is 0 Å². The molecular weight excluding hydrogens is 225 g/mol. The first-order valence-corrected chi connectivity index (χ1v) is 5.13. The summed E-state index contributed by atoms with van der Waals surface area (Å²) < 4.78 is 38.4. The topological polar surface area (TPSA) is 0 Å². The summed E-state index contributed by atoms with van der Waals surface area (Å²) in [4.78, 5) is 0. The molecule has 0 aliphatic carbocycles. The van der Waals surface area contributed by atoms with Crippen LogP contribution in [0.25, 0.3) is 11.1 Å². The fourth-order valence-electron chi connectivity index (χ4n) is 1.65. The average molecular weight is 235 g/mol. The molecular formula is C14H10F3. The van der Waals surface area contributed by atoms with Crippen LogP contribution in [0.3, 0.4) is 0 Å². The maximum Gasteiger partial charge on any atom is 0.417 e. The first-order valence-electron chi connectivity index (χ1n) is 5.13. The smallest absolute Gasteiger partial charge is 0.166 e. The minimum atomic E-state index is -4.33. The molecule has 0 aliphatic rings. The third kappa shape index (κ3) is 2.49. The van der Waals surface area contributed by atoms with Crippen molar-refractivity contribution >= 4 is 0 Å². The molecule has 0 nitrogen and oxygen atoms in total. The molecule has 0 heterocycles. The van der Waals surface area contributed by atoms with Gasteiger partial charge in [0, 0.05) is 0 Å². The van der Waals surface area contributed by atoms with Crippen LogP contribution in [0.4, 0.5) is 13.2 Å². The minimum Gasteiger partial charge on any atom is -0.166 e. The van der Waals surface area contributed by atoms with Crippen molar-refractivity contribution in [3.63, 3.8) is 0 Å². The van der Waals surface area contributed by atoms with Crippen LogP contribution in [0.5, 0.6) is 0 Å². The van der Waals surface area contributed by atoms with Crippen LogP contribution in [-0.4, -0.2) is 0 Å². The van der Waals surface area contributed by atoms with E-state index >= 15 is 0 Å². The number of aryl methyl sites for hydroxylation is 1. The third-order valence-electron chi connectivity index (χ3n) is 2.51. The highest BCUT2D eigenvalue weighted by Gasteiger charge is 2.33. The van der Waals surface area contributed by atoms with E-state index in [9.17, 15) is 13.2 Å². The van der Waals surface area contributed by atoms with Crippen LogP contribution >= 0.6 is 0 Å².